The van der Waals surface area contributed by atoms with Gasteiger partial charge in [-0.3, -0.25) is 0 Å². The molecule has 0 aromatic heterocycles. The number of hydrogen-bond donors (Lipinski definition) is 0. The van der Waals surface area contributed by atoms with E-state index >= 15 is 0 Å². The van der Waals surface area contributed by atoms with Gasteiger partial charge in [-0.25, -0.2) is 9.59 Å². The van der Waals surface area contributed by atoms with Crippen molar-refractivity contribution < 1.29 is 19.1 Å². The van der Waals surface area contributed by atoms with E-state index in [1.807, 2.05) is 74.5 Å². The van der Waals surface area contributed by atoms with E-state index in [-0.39, 0.29) is 17.4 Å². The Balaban J connectivity index is 1.47. The molecule has 4 aromatic carbocycles. The number of benzene rings is 4. The van der Waals surface area contributed by atoms with E-state index < -0.39 is 0 Å². The number of esters is 2. The van der Waals surface area contributed by atoms with Gasteiger partial charge in [0.05, 0.1) is 11.1 Å². The molecular weight excluding hydrogens is 436 g/mol. The molecule has 4 heteroatoms. The molecule has 0 spiro atoms. The molecule has 0 radical (unpaired) electrons. The average molecular weight is 465 g/mol. The predicted octanol–water partition coefficient (Wildman–Crippen LogP) is 7.07. The molecule has 4 aromatic rings. The van der Waals surface area contributed by atoms with Crippen LogP contribution in [0.1, 0.15) is 56.8 Å². The Hall–Kier alpha value is -4.18. The molecule has 4 rings (SSSR count). The highest BCUT2D eigenvalue weighted by atomic mass is 16.5. The molecule has 0 saturated heterocycles. The Bertz CT molecular complexity index is 1240. The van der Waals surface area contributed by atoms with Gasteiger partial charge in [0, 0.05) is 5.41 Å². The normalized spacial score (nSPS) is 11.1. The molecule has 0 aliphatic carbocycles. The highest BCUT2D eigenvalue weighted by molar-refractivity contribution is 5.92. The number of carbonyl (C=O) groups is 2. The van der Waals surface area contributed by atoms with Gasteiger partial charge in [-0.2, -0.15) is 0 Å². The van der Waals surface area contributed by atoms with Gasteiger partial charge < -0.3 is 9.47 Å². The van der Waals surface area contributed by atoms with Crippen molar-refractivity contribution in [1.82, 2.24) is 0 Å². The molecular formula is C31H28O4. The van der Waals surface area contributed by atoms with Gasteiger partial charge in [-0.1, -0.05) is 74.5 Å². The summed E-state index contributed by atoms with van der Waals surface area (Å²) < 4.78 is 11.1. The van der Waals surface area contributed by atoms with Crippen LogP contribution in [0.3, 0.4) is 0 Å². The number of ether oxygens (including phenoxy) is 2. The first-order chi connectivity index (χ1) is 16.8. The van der Waals surface area contributed by atoms with Crippen molar-refractivity contribution in [3.05, 3.63) is 130 Å². The first-order valence-corrected chi connectivity index (χ1v) is 11.5. The molecule has 0 N–H and O–H groups in total. The van der Waals surface area contributed by atoms with Crippen molar-refractivity contribution in [3.8, 4) is 11.5 Å². The smallest absolute Gasteiger partial charge is 0.343 e. The van der Waals surface area contributed by atoms with E-state index in [0.717, 1.165) is 22.3 Å². The highest BCUT2D eigenvalue weighted by Gasteiger charge is 2.24. The number of aryl methyl sites for hydroxylation is 2. The minimum absolute atomic E-state index is 0.336. The number of hydrogen-bond acceptors (Lipinski definition) is 4. The van der Waals surface area contributed by atoms with E-state index in [4.69, 9.17) is 9.47 Å². The molecule has 0 bridgehead atoms. The Morgan fingerprint density at radius 3 is 1.23 bits per heavy atom. The molecule has 4 nitrogen and oxygen atoms in total. The van der Waals surface area contributed by atoms with Gasteiger partial charge in [-0.05, 0) is 72.5 Å². The van der Waals surface area contributed by atoms with Crippen molar-refractivity contribution in [1.29, 1.82) is 0 Å². The molecule has 176 valence electrons. The molecule has 0 amide bonds. The molecule has 0 unspecified atom stereocenters. The Kier molecular flexibility index (Phi) is 6.83. The fourth-order valence-corrected chi connectivity index (χ4v) is 3.87. The number of rotatable bonds is 6. The lowest BCUT2D eigenvalue weighted by Gasteiger charge is -2.26. The first-order valence-electron chi connectivity index (χ1n) is 11.5. The summed E-state index contributed by atoms with van der Waals surface area (Å²) >= 11 is 0. The topological polar surface area (TPSA) is 52.6 Å². The van der Waals surface area contributed by atoms with Gasteiger partial charge in [0.25, 0.3) is 0 Å². The quantitative estimate of drug-likeness (QED) is 0.226. The van der Waals surface area contributed by atoms with Crippen LogP contribution in [0.25, 0.3) is 0 Å². The van der Waals surface area contributed by atoms with Gasteiger partial charge >= 0.3 is 11.9 Å². The highest BCUT2D eigenvalue weighted by Crippen LogP contribution is 2.32. The third-order valence-electron chi connectivity index (χ3n) is 6.28. The zero-order chi connectivity index (χ0) is 25.0. The monoisotopic (exact) mass is 464 g/mol. The standard InChI is InChI=1S/C31H28O4/c1-21-9-5-7-11-27(21)34-29(32)23-13-17-25(18-14-23)31(3,4)26-19-15-24(16-20-26)30(33)35-28-12-8-6-10-22(28)2/h5-20H,1-4H3. The zero-order valence-corrected chi connectivity index (χ0v) is 20.4. The predicted molar refractivity (Wildman–Crippen MR) is 137 cm³/mol. The van der Waals surface area contributed by atoms with E-state index in [1.165, 1.54) is 0 Å². The summed E-state index contributed by atoms with van der Waals surface area (Å²) in [5.41, 5.74) is 4.54. The number of para-hydroxylation sites is 2. The Labute approximate surface area is 206 Å². The molecule has 35 heavy (non-hydrogen) atoms. The van der Waals surface area contributed by atoms with Crippen molar-refractivity contribution in [2.75, 3.05) is 0 Å². The molecule has 0 atom stereocenters. The van der Waals surface area contributed by atoms with Gasteiger partial charge in [0.15, 0.2) is 0 Å². The van der Waals surface area contributed by atoms with Crippen LogP contribution in [0.5, 0.6) is 11.5 Å². The fraction of sp³-hybridized carbons (Fsp3) is 0.161. The van der Waals surface area contributed by atoms with Crippen molar-refractivity contribution in [2.45, 2.75) is 33.1 Å². The summed E-state index contributed by atoms with van der Waals surface area (Å²) in [7, 11) is 0. The maximum atomic E-state index is 12.6. The Morgan fingerprint density at radius 1 is 0.543 bits per heavy atom. The lowest BCUT2D eigenvalue weighted by molar-refractivity contribution is 0.0724. The first kappa shape index (κ1) is 24.0. The summed E-state index contributed by atoms with van der Waals surface area (Å²) in [5.74, 6) is 0.339. The third-order valence-corrected chi connectivity index (χ3v) is 6.28. The second kappa shape index (κ2) is 9.98. The fourth-order valence-electron chi connectivity index (χ4n) is 3.87. The summed E-state index contributed by atoms with van der Waals surface area (Å²) in [6.45, 7) is 8.02. The van der Waals surface area contributed by atoms with Crippen molar-refractivity contribution >= 4 is 11.9 Å². The molecule has 0 heterocycles. The SMILES string of the molecule is Cc1ccccc1OC(=O)c1ccc(C(C)(C)c2ccc(C(=O)Oc3ccccc3C)cc2)cc1. The summed E-state index contributed by atoms with van der Waals surface area (Å²) in [4.78, 5) is 25.2. The summed E-state index contributed by atoms with van der Waals surface area (Å²) in [6, 6.07) is 29.8. The molecule has 0 fully saturated rings. The minimum Gasteiger partial charge on any atom is -0.423 e. The van der Waals surface area contributed by atoms with Gasteiger partial charge in [0.1, 0.15) is 11.5 Å². The second-order valence-electron chi connectivity index (χ2n) is 9.09. The van der Waals surface area contributed by atoms with Crippen LogP contribution in [0, 0.1) is 13.8 Å². The van der Waals surface area contributed by atoms with Crippen LogP contribution < -0.4 is 9.47 Å². The molecule has 0 aliphatic heterocycles. The van der Waals surface area contributed by atoms with Crippen molar-refractivity contribution in [2.24, 2.45) is 0 Å². The van der Waals surface area contributed by atoms with E-state index in [2.05, 4.69) is 13.8 Å². The van der Waals surface area contributed by atoms with Crippen LogP contribution in [0.4, 0.5) is 0 Å². The maximum absolute atomic E-state index is 12.6. The van der Waals surface area contributed by atoms with E-state index in [9.17, 15) is 9.59 Å². The Morgan fingerprint density at radius 2 is 0.886 bits per heavy atom. The van der Waals surface area contributed by atoms with Crippen LogP contribution in [0.2, 0.25) is 0 Å². The zero-order valence-electron chi connectivity index (χ0n) is 20.4. The van der Waals surface area contributed by atoms with Gasteiger partial charge in [-0.15, -0.1) is 0 Å². The summed E-state index contributed by atoms with van der Waals surface area (Å²) in [6.07, 6.45) is 0. The van der Waals surface area contributed by atoms with Gasteiger partial charge in [0.2, 0.25) is 0 Å². The average Bonchev–Trinajstić information content (AvgIpc) is 2.87. The lowest BCUT2D eigenvalue weighted by Crippen LogP contribution is -2.20. The summed E-state index contributed by atoms with van der Waals surface area (Å²) in [5, 5.41) is 0. The number of carbonyl (C=O) groups excluding carboxylic acids is 2. The van der Waals surface area contributed by atoms with Crippen molar-refractivity contribution in [3.63, 3.8) is 0 Å². The molecule has 0 aliphatic rings. The maximum Gasteiger partial charge on any atom is 0.343 e. The second-order valence-corrected chi connectivity index (χ2v) is 9.09. The van der Waals surface area contributed by atoms with Crippen LogP contribution in [0.15, 0.2) is 97.1 Å². The van der Waals surface area contributed by atoms with Crippen LogP contribution in [-0.4, -0.2) is 11.9 Å². The van der Waals surface area contributed by atoms with E-state index in [1.54, 1.807) is 36.4 Å². The van der Waals surface area contributed by atoms with Crippen LogP contribution in [-0.2, 0) is 5.41 Å². The van der Waals surface area contributed by atoms with E-state index in [0.29, 0.717) is 22.6 Å². The third kappa shape index (κ3) is 5.33. The largest absolute Gasteiger partial charge is 0.423 e. The molecule has 0 saturated carbocycles. The van der Waals surface area contributed by atoms with Crippen LogP contribution >= 0.6 is 0 Å². The lowest BCUT2D eigenvalue weighted by atomic mass is 9.78. The minimum atomic E-state index is -0.389.